The van der Waals surface area contributed by atoms with Gasteiger partial charge in [-0.15, -0.1) is 0 Å². The van der Waals surface area contributed by atoms with Crippen LogP contribution >= 0.6 is 0 Å². The third-order valence-electron chi connectivity index (χ3n) is 4.43. The van der Waals surface area contributed by atoms with Crippen molar-refractivity contribution < 1.29 is 0 Å². The Bertz CT molecular complexity index is 404. The van der Waals surface area contributed by atoms with E-state index in [-0.39, 0.29) is 0 Å². The average molecular weight is 280 g/mol. The molecule has 2 atom stereocenters. The van der Waals surface area contributed by atoms with E-state index in [1.54, 1.807) is 0 Å². The zero-order valence-corrected chi connectivity index (χ0v) is 12.9. The van der Waals surface area contributed by atoms with E-state index < -0.39 is 0 Å². The van der Waals surface area contributed by atoms with Gasteiger partial charge in [-0.05, 0) is 52.5 Å². The van der Waals surface area contributed by atoms with Gasteiger partial charge in [-0.25, -0.2) is 0 Å². The molecular weight excluding hydrogens is 252 g/mol. The topological polar surface area (TPSA) is 62.3 Å². The van der Waals surface area contributed by atoms with Gasteiger partial charge in [0.25, 0.3) is 0 Å². The van der Waals surface area contributed by atoms with Crippen molar-refractivity contribution in [1.29, 1.82) is 0 Å². The maximum atomic E-state index is 5.82. The van der Waals surface area contributed by atoms with Crippen LogP contribution in [-0.4, -0.2) is 65.4 Å². The molecule has 2 unspecified atom stereocenters. The second kappa shape index (κ2) is 7.17. The Morgan fingerprint density at radius 2 is 2.20 bits per heavy atom. The number of hydrazine groups is 1. The summed E-state index contributed by atoms with van der Waals surface area (Å²) in [5.74, 6) is 5.82. The predicted molar refractivity (Wildman–Crippen MR) is 81.2 cm³/mol. The van der Waals surface area contributed by atoms with Crippen LogP contribution in [0.1, 0.15) is 18.5 Å². The molecule has 1 aromatic rings. The minimum atomic E-state index is 0.301. The lowest BCUT2D eigenvalue weighted by Crippen LogP contribution is -2.54. The van der Waals surface area contributed by atoms with Gasteiger partial charge in [0.15, 0.2) is 0 Å². The summed E-state index contributed by atoms with van der Waals surface area (Å²) in [6.07, 6.45) is 5.10. The van der Waals surface area contributed by atoms with Crippen LogP contribution < -0.4 is 11.3 Å². The second-order valence-corrected chi connectivity index (χ2v) is 5.92. The highest BCUT2D eigenvalue weighted by atomic mass is 15.3. The molecule has 1 aliphatic rings. The van der Waals surface area contributed by atoms with Crippen LogP contribution in [0.2, 0.25) is 0 Å². The molecule has 0 aromatic carbocycles. The van der Waals surface area contributed by atoms with E-state index in [0.29, 0.717) is 12.1 Å². The maximum Gasteiger partial charge on any atom is 0.0492 e. The Morgan fingerprint density at radius 1 is 1.40 bits per heavy atom. The molecule has 6 nitrogen and oxygen atoms in total. The van der Waals surface area contributed by atoms with E-state index in [9.17, 15) is 0 Å². The minimum absolute atomic E-state index is 0.301. The van der Waals surface area contributed by atoms with Crippen molar-refractivity contribution in [3.8, 4) is 0 Å². The van der Waals surface area contributed by atoms with E-state index in [0.717, 1.165) is 25.9 Å². The molecule has 6 heteroatoms. The summed E-state index contributed by atoms with van der Waals surface area (Å²) in [6, 6.07) is 2.84. The summed E-state index contributed by atoms with van der Waals surface area (Å²) in [4.78, 5) is 4.85. The standard InChI is InChI=1S/C14H28N6/c1-18-9-4-10-19(2)14(11-18)13(17-15)6-5-12-7-8-16-20(12)3/h7-8,13-14,17H,4-6,9-11,15H2,1-3H3. The molecule has 1 aromatic heterocycles. The van der Waals surface area contributed by atoms with E-state index in [4.69, 9.17) is 5.84 Å². The van der Waals surface area contributed by atoms with Gasteiger partial charge in [0, 0.05) is 37.6 Å². The number of nitrogens with zero attached hydrogens (tertiary/aromatic N) is 4. The summed E-state index contributed by atoms with van der Waals surface area (Å²) in [5, 5.41) is 4.22. The van der Waals surface area contributed by atoms with Gasteiger partial charge in [0.1, 0.15) is 0 Å². The number of aryl methyl sites for hydroxylation is 2. The summed E-state index contributed by atoms with van der Waals surface area (Å²) < 4.78 is 1.94. The molecule has 0 spiro atoms. The zero-order valence-electron chi connectivity index (χ0n) is 12.9. The first kappa shape index (κ1) is 15.4. The fourth-order valence-electron chi connectivity index (χ4n) is 3.08. The first-order valence-electron chi connectivity index (χ1n) is 7.43. The Balaban J connectivity index is 1.97. The lowest BCUT2D eigenvalue weighted by molar-refractivity contribution is 0.172. The van der Waals surface area contributed by atoms with Gasteiger partial charge in [-0.3, -0.25) is 16.0 Å². The molecule has 0 radical (unpaired) electrons. The Kier molecular flexibility index (Phi) is 5.54. The van der Waals surface area contributed by atoms with E-state index in [1.165, 1.54) is 18.7 Å². The molecule has 0 amide bonds. The minimum Gasteiger partial charge on any atom is -0.305 e. The zero-order chi connectivity index (χ0) is 14.5. The summed E-state index contributed by atoms with van der Waals surface area (Å²) in [6.45, 7) is 3.37. The fraction of sp³-hybridized carbons (Fsp3) is 0.786. The lowest BCUT2D eigenvalue weighted by atomic mass is 10.0. The molecule has 1 saturated heterocycles. The fourth-order valence-corrected chi connectivity index (χ4v) is 3.08. The summed E-state index contributed by atoms with van der Waals surface area (Å²) >= 11 is 0. The van der Waals surface area contributed by atoms with Gasteiger partial charge in [0.2, 0.25) is 0 Å². The third kappa shape index (κ3) is 3.79. The SMILES string of the molecule is CN1CCCN(C)C(C(CCc2ccnn2C)NN)C1. The third-order valence-corrected chi connectivity index (χ3v) is 4.43. The van der Waals surface area contributed by atoms with Crippen LogP contribution in [-0.2, 0) is 13.5 Å². The first-order valence-corrected chi connectivity index (χ1v) is 7.43. The Labute approximate surface area is 121 Å². The van der Waals surface area contributed by atoms with Crippen LogP contribution in [0.25, 0.3) is 0 Å². The molecule has 114 valence electrons. The van der Waals surface area contributed by atoms with Gasteiger partial charge >= 0.3 is 0 Å². The molecule has 0 saturated carbocycles. The molecule has 0 bridgehead atoms. The molecule has 2 heterocycles. The second-order valence-electron chi connectivity index (χ2n) is 5.92. The van der Waals surface area contributed by atoms with Crippen molar-refractivity contribution >= 4 is 0 Å². The quantitative estimate of drug-likeness (QED) is 0.579. The largest absolute Gasteiger partial charge is 0.305 e. The van der Waals surface area contributed by atoms with Crippen molar-refractivity contribution in [2.45, 2.75) is 31.3 Å². The van der Waals surface area contributed by atoms with Crippen LogP contribution in [0, 0.1) is 0 Å². The monoisotopic (exact) mass is 280 g/mol. The molecule has 1 fully saturated rings. The molecule has 2 rings (SSSR count). The summed E-state index contributed by atoms with van der Waals surface area (Å²) in [7, 11) is 6.39. The molecular formula is C14H28N6. The van der Waals surface area contributed by atoms with Gasteiger partial charge in [-0.2, -0.15) is 5.10 Å². The van der Waals surface area contributed by atoms with E-state index >= 15 is 0 Å². The van der Waals surface area contributed by atoms with Gasteiger partial charge in [0.05, 0.1) is 0 Å². The average Bonchev–Trinajstić information content (AvgIpc) is 2.75. The molecule has 20 heavy (non-hydrogen) atoms. The predicted octanol–water partition coefficient (Wildman–Crippen LogP) is -0.179. The number of aromatic nitrogens is 2. The number of nitrogens with two attached hydrogens (primary N) is 1. The van der Waals surface area contributed by atoms with Crippen LogP contribution in [0.4, 0.5) is 0 Å². The number of hydrogen-bond acceptors (Lipinski definition) is 5. The van der Waals surface area contributed by atoms with E-state index in [2.05, 4.69) is 40.5 Å². The van der Waals surface area contributed by atoms with Crippen molar-refractivity contribution in [3.63, 3.8) is 0 Å². The van der Waals surface area contributed by atoms with Crippen molar-refractivity contribution in [1.82, 2.24) is 25.0 Å². The maximum absolute atomic E-state index is 5.82. The Hall–Kier alpha value is -0.950. The van der Waals surface area contributed by atoms with Crippen molar-refractivity contribution in [2.75, 3.05) is 33.7 Å². The number of likely N-dealkylation sites (N-methyl/N-ethyl adjacent to an activating group) is 2. The van der Waals surface area contributed by atoms with Crippen LogP contribution in [0.3, 0.4) is 0 Å². The highest BCUT2D eigenvalue weighted by Crippen LogP contribution is 2.14. The van der Waals surface area contributed by atoms with Crippen molar-refractivity contribution in [3.05, 3.63) is 18.0 Å². The Morgan fingerprint density at radius 3 is 2.85 bits per heavy atom. The van der Waals surface area contributed by atoms with Gasteiger partial charge in [-0.1, -0.05) is 0 Å². The number of rotatable bonds is 5. The normalized spacial score (nSPS) is 23.7. The molecule has 0 aliphatic carbocycles. The smallest absolute Gasteiger partial charge is 0.0492 e. The molecule has 3 N–H and O–H groups in total. The highest BCUT2D eigenvalue weighted by molar-refractivity contribution is 5.01. The van der Waals surface area contributed by atoms with Crippen LogP contribution in [0.5, 0.6) is 0 Å². The van der Waals surface area contributed by atoms with Crippen LogP contribution in [0.15, 0.2) is 12.3 Å². The van der Waals surface area contributed by atoms with E-state index in [1.807, 2.05) is 17.9 Å². The molecule has 1 aliphatic heterocycles. The summed E-state index contributed by atoms with van der Waals surface area (Å²) in [5.41, 5.74) is 4.29. The number of nitrogens with one attached hydrogen (secondary N) is 1. The number of hydrogen-bond donors (Lipinski definition) is 2. The van der Waals surface area contributed by atoms with Gasteiger partial charge < -0.3 is 9.80 Å². The highest BCUT2D eigenvalue weighted by Gasteiger charge is 2.27. The van der Waals surface area contributed by atoms with Crippen molar-refractivity contribution in [2.24, 2.45) is 12.9 Å². The first-order chi connectivity index (χ1) is 9.61. The lowest BCUT2D eigenvalue weighted by Gasteiger charge is -2.34.